The van der Waals surface area contributed by atoms with Crippen molar-refractivity contribution in [2.24, 2.45) is 0 Å². The molecule has 2 N–H and O–H groups in total. The summed E-state index contributed by atoms with van der Waals surface area (Å²) in [5, 5.41) is 9.53. The minimum atomic E-state index is -0.545. The molecule has 0 saturated carbocycles. The summed E-state index contributed by atoms with van der Waals surface area (Å²) in [5.74, 6) is 0.267. The first-order valence-electron chi connectivity index (χ1n) is 9.00. The third-order valence-corrected chi connectivity index (χ3v) is 5.32. The average molecular weight is 397 g/mol. The number of fused-ring (bicyclic) bond motifs is 1. The summed E-state index contributed by atoms with van der Waals surface area (Å²) in [6.45, 7) is 1.85. The minimum Gasteiger partial charge on any atom is -0.318 e. The van der Waals surface area contributed by atoms with E-state index in [0.29, 0.717) is 0 Å². The lowest BCUT2D eigenvalue weighted by molar-refractivity contribution is -0.124. The minimum absolute atomic E-state index is 0.545. The maximum Gasteiger partial charge on any atom is 0.267 e. The molecule has 0 aliphatic heterocycles. The van der Waals surface area contributed by atoms with Crippen molar-refractivity contribution in [2.45, 2.75) is 17.5 Å². The Morgan fingerprint density at radius 1 is 1.21 bits per heavy atom. The molecule has 0 unspecified atom stereocenters. The van der Waals surface area contributed by atoms with Crippen molar-refractivity contribution in [3.63, 3.8) is 0 Å². The van der Waals surface area contributed by atoms with E-state index in [4.69, 9.17) is 10.2 Å². The van der Waals surface area contributed by atoms with Crippen molar-refractivity contribution in [1.82, 2.24) is 19.9 Å². The van der Waals surface area contributed by atoms with Gasteiger partial charge < -0.3 is 9.47 Å². The molecule has 1 amide bonds. The van der Waals surface area contributed by atoms with E-state index in [1.54, 1.807) is 23.3 Å². The van der Waals surface area contributed by atoms with Crippen LogP contribution in [0.3, 0.4) is 0 Å². The van der Waals surface area contributed by atoms with Gasteiger partial charge >= 0.3 is 0 Å². The highest BCUT2D eigenvalue weighted by atomic mass is 32.2. The van der Waals surface area contributed by atoms with Crippen molar-refractivity contribution in [2.75, 3.05) is 20.6 Å². The molecular formula is C21H24N4O2S. The van der Waals surface area contributed by atoms with Gasteiger partial charge in [0.1, 0.15) is 0 Å². The van der Waals surface area contributed by atoms with Crippen LogP contribution in [0, 0.1) is 0 Å². The number of aromatic nitrogens is 2. The van der Waals surface area contributed by atoms with Crippen molar-refractivity contribution >= 4 is 34.8 Å². The molecule has 6 nitrogen and oxygen atoms in total. The van der Waals surface area contributed by atoms with Crippen LogP contribution in [0.1, 0.15) is 11.1 Å². The molecule has 0 spiro atoms. The molecule has 3 rings (SSSR count). The van der Waals surface area contributed by atoms with Crippen LogP contribution in [0.15, 0.2) is 59.8 Å². The van der Waals surface area contributed by atoms with Gasteiger partial charge in [-0.05, 0) is 43.4 Å². The molecule has 0 aliphatic carbocycles. The summed E-state index contributed by atoms with van der Waals surface area (Å²) < 4.78 is 2.28. The van der Waals surface area contributed by atoms with E-state index in [1.807, 2.05) is 36.4 Å². The van der Waals surface area contributed by atoms with Crippen LogP contribution >= 0.6 is 11.8 Å². The normalized spacial score (nSPS) is 11.6. The number of hydrogen-bond donors (Lipinski definition) is 2. The van der Waals surface area contributed by atoms with E-state index in [9.17, 15) is 4.79 Å². The van der Waals surface area contributed by atoms with Crippen LogP contribution < -0.4 is 5.48 Å². The summed E-state index contributed by atoms with van der Waals surface area (Å²) in [4.78, 5) is 18.0. The van der Waals surface area contributed by atoms with E-state index in [0.717, 1.165) is 40.6 Å². The monoisotopic (exact) mass is 396 g/mol. The zero-order chi connectivity index (χ0) is 19.9. The van der Waals surface area contributed by atoms with Gasteiger partial charge in [0.05, 0.1) is 11.0 Å². The standard InChI is InChI=1S/C21H24N4O2S/c1-24(2)13-14-25-19-6-4-3-5-18(19)22-21(25)28-15-17-9-7-16(8-10-17)11-12-20(26)23-27/h3-12,27H,13-15H2,1-2H3,(H,23,26)/b12-11+. The van der Waals surface area contributed by atoms with Gasteiger partial charge in [-0.3, -0.25) is 10.0 Å². The van der Waals surface area contributed by atoms with Crippen LogP contribution in [-0.2, 0) is 17.1 Å². The fourth-order valence-corrected chi connectivity index (χ4v) is 3.76. The Morgan fingerprint density at radius 3 is 2.68 bits per heavy atom. The van der Waals surface area contributed by atoms with Crippen LogP contribution in [0.25, 0.3) is 17.1 Å². The van der Waals surface area contributed by atoms with E-state index < -0.39 is 5.91 Å². The van der Waals surface area contributed by atoms with Gasteiger partial charge in [0, 0.05) is 24.9 Å². The third kappa shape index (κ3) is 5.22. The Morgan fingerprint density at radius 2 is 1.96 bits per heavy atom. The van der Waals surface area contributed by atoms with Gasteiger partial charge in [0.15, 0.2) is 5.16 Å². The Balaban J connectivity index is 1.71. The van der Waals surface area contributed by atoms with E-state index in [1.165, 1.54) is 11.6 Å². The number of nitrogens with zero attached hydrogens (tertiary/aromatic N) is 3. The molecule has 1 aromatic heterocycles. The van der Waals surface area contributed by atoms with Crippen molar-refractivity contribution in [1.29, 1.82) is 0 Å². The Labute approximate surface area is 168 Å². The lowest BCUT2D eigenvalue weighted by atomic mass is 10.1. The van der Waals surface area contributed by atoms with Crippen molar-refractivity contribution in [3.05, 3.63) is 65.7 Å². The number of hydroxylamine groups is 1. The molecule has 2 aromatic carbocycles. The number of thioether (sulfide) groups is 1. The fourth-order valence-electron chi connectivity index (χ4n) is 2.76. The lowest BCUT2D eigenvalue weighted by Gasteiger charge is -2.13. The first kappa shape index (κ1) is 20.1. The van der Waals surface area contributed by atoms with Crippen molar-refractivity contribution < 1.29 is 10.0 Å². The zero-order valence-electron chi connectivity index (χ0n) is 16.0. The summed E-state index contributed by atoms with van der Waals surface area (Å²) >= 11 is 1.72. The molecule has 28 heavy (non-hydrogen) atoms. The average Bonchev–Trinajstić information content (AvgIpc) is 3.07. The van der Waals surface area contributed by atoms with Crippen molar-refractivity contribution in [3.8, 4) is 0 Å². The topological polar surface area (TPSA) is 70.4 Å². The molecule has 0 bridgehead atoms. The highest BCUT2D eigenvalue weighted by Gasteiger charge is 2.11. The van der Waals surface area contributed by atoms with Gasteiger partial charge in [-0.15, -0.1) is 0 Å². The SMILES string of the molecule is CN(C)CCn1c(SCc2ccc(/C=C/C(=O)NO)cc2)nc2ccccc21. The molecule has 0 atom stereocenters. The summed E-state index contributed by atoms with van der Waals surface area (Å²) in [7, 11) is 4.15. The number of amides is 1. The maximum absolute atomic E-state index is 11.0. The number of carbonyl (C=O) groups is 1. The first-order valence-corrected chi connectivity index (χ1v) is 9.99. The number of benzene rings is 2. The Kier molecular flexibility index (Phi) is 6.86. The lowest BCUT2D eigenvalue weighted by Crippen LogP contribution is -2.18. The van der Waals surface area contributed by atoms with Gasteiger partial charge in [0.25, 0.3) is 5.91 Å². The van der Waals surface area contributed by atoms with Gasteiger partial charge in [-0.2, -0.15) is 0 Å². The smallest absolute Gasteiger partial charge is 0.267 e. The predicted molar refractivity (Wildman–Crippen MR) is 113 cm³/mol. The molecule has 0 aliphatic rings. The van der Waals surface area contributed by atoms with Gasteiger partial charge in [0.2, 0.25) is 0 Å². The number of imidazole rings is 1. The van der Waals surface area contributed by atoms with Crippen LogP contribution in [0.2, 0.25) is 0 Å². The molecule has 0 saturated heterocycles. The highest BCUT2D eigenvalue weighted by Crippen LogP contribution is 2.27. The molecule has 1 heterocycles. The first-order chi connectivity index (χ1) is 13.6. The summed E-state index contributed by atoms with van der Waals surface area (Å²) in [6.07, 6.45) is 2.94. The van der Waals surface area contributed by atoms with E-state index >= 15 is 0 Å². The van der Waals surface area contributed by atoms with Crippen LogP contribution in [0.4, 0.5) is 0 Å². The quantitative estimate of drug-likeness (QED) is 0.264. The second-order valence-corrected chi connectivity index (χ2v) is 7.62. The number of nitrogens with one attached hydrogen (secondary N) is 1. The van der Waals surface area contributed by atoms with Crippen LogP contribution in [-0.4, -0.2) is 46.2 Å². The molecule has 0 radical (unpaired) electrons. The number of para-hydroxylation sites is 2. The van der Waals surface area contributed by atoms with Gasteiger partial charge in [-0.1, -0.05) is 48.2 Å². The predicted octanol–water partition coefficient (Wildman–Crippen LogP) is 3.41. The summed E-state index contributed by atoms with van der Waals surface area (Å²) in [5.41, 5.74) is 5.84. The number of likely N-dealkylation sites (N-methyl/N-ethyl adjacent to an activating group) is 1. The van der Waals surface area contributed by atoms with E-state index in [2.05, 4.69) is 35.7 Å². The maximum atomic E-state index is 11.0. The second kappa shape index (κ2) is 9.54. The number of hydrogen-bond acceptors (Lipinski definition) is 5. The Hall–Kier alpha value is -2.61. The number of carbonyl (C=O) groups excluding carboxylic acids is 1. The molecule has 7 heteroatoms. The number of rotatable bonds is 8. The fraction of sp³-hybridized carbons (Fsp3) is 0.238. The molecule has 0 fully saturated rings. The molecule has 146 valence electrons. The second-order valence-electron chi connectivity index (χ2n) is 6.68. The summed E-state index contributed by atoms with van der Waals surface area (Å²) in [6, 6.07) is 16.2. The molecular weight excluding hydrogens is 372 g/mol. The molecule has 3 aromatic rings. The highest BCUT2D eigenvalue weighted by molar-refractivity contribution is 7.98. The Bertz CT molecular complexity index is 964. The van der Waals surface area contributed by atoms with Gasteiger partial charge in [-0.25, -0.2) is 10.5 Å². The third-order valence-electron chi connectivity index (χ3n) is 4.28. The zero-order valence-corrected chi connectivity index (χ0v) is 16.8. The van der Waals surface area contributed by atoms with Crippen LogP contribution in [0.5, 0.6) is 0 Å². The largest absolute Gasteiger partial charge is 0.318 e. The van der Waals surface area contributed by atoms with E-state index in [-0.39, 0.29) is 0 Å².